The topological polar surface area (TPSA) is 44.0 Å². The lowest BCUT2D eigenvalue weighted by atomic mass is 9.71. The van der Waals surface area contributed by atoms with Crippen molar-refractivity contribution in [2.45, 2.75) is 45.1 Å². The first-order valence-electron chi connectivity index (χ1n) is 4.11. The molecule has 0 aromatic rings. The van der Waals surface area contributed by atoms with Crippen molar-refractivity contribution in [1.29, 1.82) is 5.26 Å². The van der Waals surface area contributed by atoms with Crippen LogP contribution in [0.3, 0.4) is 0 Å². The molecule has 0 radical (unpaired) electrons. The summed E-state index contributed by atoms with van der Waals surface area (Å²) in [5, 5.41) is 18.2. The Hall–Kier alpha value is -0.550. The summed E-state index contributed by atoms with van der Waals surface area (Å²) in [4.78, 5) is 0. The Kier molecular flexibility index (Phi) is 1.94. The molecular formula is C9H15NO. The maximum Gasteiger partial charge on any atom is 0.151 e. The van der Waals surface area contributed by atoms with E-state index >= 15 is 0 Å². The Bertz CT molecular complexity index is 180. The van der Waals surface area contributed by atoms with Crippen LogP contribution in [0.4, 0.5) is 0 Å². The summed E-state index contributed by atoms with van der Waals surface area (Å²) in [6.45, 7) is 4.37. The number of aliphatic hydroxyl groups is 1. The van der Waals surface area contributed by atoms with E-state index in [1.165, 1.54) is 0 Å². The van der Waals surface area contributed by atoms with E-state index in [0.29, 0.717) is 18.3 Å². The molecule has 0 amide bonds. The van der Waals surface area contributed by atoms with Crippen LogP contribution < -0.4 is 0 Å². The first-order chi connectivity index (χ1) is 4.97. The van der Waals surface area contributed by atoms with Gasteiger partial charge in [0.1, 0.15) is 0 Å². The van der Waals surface area contributed by atoms with Gasteiger partial charge < -0.3 is 5.11 Å². The van der Waals surface area contributed by atoms with E-state index in [4.69, 9.17) is 5.26 Å². The predicted molar refractivity (Wildman–Crippen MR) is 42.8 cm³/mol. The van der Waals surface area contributed by atoms with Gasteiger partial charge in [-0.2, -0.15) is 5.26 Å². The third-order valence-electron chi connectivity index (χ3n) is 2.64. The van der Waals surface area contributed by atoms with Crippen molar-refractivity contribution >= 4 is 0 Å². The fourth-order valence-corrected chi connectivity index (χ4v) is 1.45. The second kappa shape index (κ2) is 2.49. The molecule has 1 rings (SSSR count). The SMILES string of the molecule is CC1(C)CCC(O)(C#N)CC1. The maximum absolute atomic E-state index is 9.55. The summed E-state index contributed by atoms with van der Waals surface area (Å²) in [5.74, 6) is 0. The number of nitrogens with zero attached hydrogens (tertiary/aromatic N) is 1. The summed E-state index contributed by atoms with van der Waals surface area (Å²) < 4.78 is 0. The molecule has 0 aromatic carbocycles. The van der Waals surface area contributed by atoms with Gasteiger partial charge >= 0.3 is 0 Å². The summed E-state index contributed by atoms with van der Waals surface area (Å²) in [6.07, 6.45) is 3.18. The van der Waals surface area contributed by atoms with Gasteiger partial charge in [-0.1, -0.05) is 13.8 Å². The van der Waals surface area contributed by atoms with E-state index < -0.39 is 5.60 Å². The molecule has 1 N–H and O–H groups in total. The van der Waals surface area contributed by atoms with E-state index in [2.05, 4.69) is 13.8 Å². The molecule has 0 saturated heterocycles. The Labute approximate surface area is 67.8 Å². The van der Waals surface area contributed by atoms with Crippen molar-refractivity contribution in [2.75, 3.05) is 0 Å². The minimum Gasteiger partial charge on any atom is -0.375 e. The van der Waals surface area contributed by atoms with E-state index in [1.807, 2.05) is 6.07 Å². The summed E-state index contributed by atoms with van der Waals surface area (Å²) in [7, 11) is 0. The van der Waals surface area contributed by atoms with Crippen molar-refractivity contribution in [1.82, 2.24) is 0 Å². The number of hydrogen-bond donors (Lipinski definition) is 1. The van der Waals surface area contributed by atoms with Crippen molar-refractivity contribution in [3.63, 3.8) is 0 Å². The zero-order chi connectivity index (χ0) is 8.54. The fraction of sp³-hybridized carbons (Fsp3) is 0.889. The highest BCUT2D eigenvalue weighted by molar-refractivity contribution is 5.03. The van der Waals surface area contributed by atoms with Gasteiger partial charge in [-0.25, -0.2) is 0 Å². The number of hydrogen-bond acceptors (Lipinski definition) is 2. The van der Waals surface area contributed by atoms with Gasteiger partial charge in [0.2, 0.25) is 0 Å². The van der Waals surface area contributed by atoms with Gasteiger partial charge in [0.15, 0.2) is 5.60 Å². The van der Waals surface area contributed by atoms with E-state index in [1.54, 1.807) is 0 Å². The zero-order valence-electron chi connectivity index (χ0n) is 7.22. The smallest absolute Gasteiger partial charge is 0.151 e. The Morgan fingerprint density at radius 2 is 1.64 bits per heavy atom. The van der Waals surface area contributed by atoms with E-state index in [9.17, 15) is 5.11 Å². The molecule has 0 spiro atoms. The second-order valence-corrected chi connectivity index (χ2v) is 4.31. The monoisotopic (exact) mass is 153 g/mol. The molecule has 2 nitrogen and oxygen atoms in total. The van der Waals surface area contributed by atoms with Gasteiger partial charge in [0, 0.05) is 0 Å². The molecule has 1 fully saturated rings. The summed E-state index contributed by atoms with van der Waals surface area (Å²) in [5.41, 5.74) is -0.696. The molecule has 0 unspecified atom stereocenters. The lowest BCUT2D eigenvalue weighted by Gasteiger charge is -2.36. The lowest BCUT2D eigenvalue weighted by Crippen LogP contribution is -2.35. The van der Waals surface area contributed by atoms with Crippen LogP contribution >= 0.6 is 0 Å². The molecule has 11 heavy (non-hydrogen) atoms. The van der Waals surface area contributed by atoms with Crippen LogP contribution in [0, 0.1) is 16.7 Å². The molecule has 62 valence electrons. The van der Waals surface area contributed by atoms with Crippen molar-refractivity contribution in [3.8, 4) is 6.07 Å². The molecule has 2 heteroatoms. The van der Waals surface area contributed by atoms with Crippen LogP contribution in [0.1, 0.15) is 39.5 Å². The minimum absolute atomic E-state index is 0.322. The van der Waals surface area contributed by atoms with Gasteiger partial charge in [-0.15, -0.1) is 0 Å². The number of rotatable bonds is 0. The van der Waals surface area contributed by atoms with Crippen LogP contribution in [-0.4, -0.2) is 10.7 Å². The van der Waals surface area contributed by atoms with Gasteiger partial charge in [0.05, 0.1) is 6.07 Å². The summed E-state index contributed by atoms with van der Waals surface area (Å²) in [6, 6.07) is 1.97. The molecule has 1 saturated carbocycles. The number of nitriles is 1. The average Bonchev–Trinajstić information content (AvgIpc) is 1.97. The predicted octanol–water partition coefficient (Wildman–Crippen LogP) is 1.84. The molecule has 1 aliphatic rings. The second-order valence-electron chi connectivity index (χ2n) is 4.31. The third kappa shape index (κ3) is 1.94. The zero-order valence-corrected chi connectivity index (χ0v) is 7.22. The van der Waals surface area contributed by atoms with Crippen molar-refractivity contribution in [2.24, 2.45) is 5.41 Å². The quantitative estimate of drug-likeness (QED) is 0.540. The highest BCUT2D eigenvalue weighted by Crippen LogP contribution is 2.39. The molecule has 0 aliphatic heterocycles. The van der Waals surface area contributed by atoms with Crippen LogP contribution in [0.2, 0.25) is 0 Å². The highest BCUT2D eigenvalue weighted by Gasteiger charge is 2.36. The fourth-order valence-electron chi connectivity index (χ4n) is 1.45. The Balaban J connectivity index is 2.56. The molecule has 0 bridgehead atoms. The van der Waals surface area contributed by atoms with Crippen LogP contribution in [0.15, 0.2) is 0 Å². The van der Waals surface area contributed by atoms with Gasteiger partial charge in [-0.05, 0) is 31.1 Å². The van der Waals surface area contributed by atoms with Crippen LogP contribution in [0.25, 0.3) is 0 Å². The van der Waals surface area contributed by atoms with Crippen molar-refractivity contribution < 1.29 is 5.11 Å². The van der Waals surface area contributed by atoms with E-state index in [-0.39, 0.29) is 0 Å². The maximum atomic E-state index is 9.55. The average molecular weight is 153 g/mol. The van der Waals surface area contributed by atoms with Crippen LogP contribution in [-0.2, 0) is 0 Å². The Morgan fingerprint density at radius 1 is 1.18 bits per heavy atom. The standard InChI is InChI=1S/C9H15NO/c1-8(2)3-5-9(11,7-10)6-4-8/h11H,3-6H2,1-2H3. The van der Waals surface area contributed by atoms with Crippen LogP contribution in [0.5, 0.6) is 0 Å². The van der Waals surface area contributed by atoms with Gasteiger partial charge in [0.25, 0.3) is 0 Å². The highest BCUT2D eigenvalue weighted by atomic mass is 16.3. The molecule has 0 atom stereocenters. The first kappa shape index (κ1) is 8.55. The molecular weight excluding hydrogens is 138 g/mol. The summed E-state index contributed by atoms with van der Waals surface area (Å²) >= 11 is 0. The largest absolute Gasteiger partial charge is 0.375 e. The normalized spacial score (nSPS) is 27.5. The Morgan fingerprint density at radius 3 is 2.00 bits per heavy atom. The molecule has 0 aromatic heterocycles. The van der Waals surface area contributed by atoms with Crippen molar-refractivity contribution in [3.05, 3.63) is 0 Å². The minimum atomic E-state index is -1.02. The van der Waals surface area contributed by atoms with E-state index in [0.717, 1.165) is 12.8 Å². The first-order valence-corrected chi connectivity index (χ1v) is 4.11. The van der Waals surface area contributed by atoms with Gasteiger partial charge in [-0.3, -0.25) is 0 Å². The lowest BCUT2D eigenvalue weighted by molar-refractivity contribution is 0.0214. The third-order valence-corrected chi connectivity index (χ3v) is 2.64. The molecule has 0 heterocycles. The molecule has 1 aliphatic carbocycles.